The van der Waals surface area contributed by atoms with E-state index in [0.29, 0.717) is 5.69 Å². The van der Waals surface area contributed by atoms with Crippen molar-refractivity contribution in [1.29, 1.82) is 0 Å². The summed E-state index contributed by atoms with van der Waals surface area (Å²) in [6.45, 7) is 0. The summed E-state index contributed by atoms with van der Waals surface area (Å²) in [5.41, 5.74) is 6.40. The van der Waals surface area contributed by atoms with Gasteiger partial charge in [-0.3, -0.25) is 4.68 Å². The van der Waals surface area contributed by atoms with Gasteiger partial charge in [-0.05, 0) is 17.8 Å². The standard InChI is InChI=1S/C8H9N5S/c1-13-4-6(9)8(12-13)14-7-2-3-10-5-11-7/h2-5H,9H2,1H3. The Morgan fingerprint density at radius 2 is 2.36 bits per heavy atom. The van der Waals surface area contributed by atoms with Gasteiger partial charge < -0.3 is 5.73 Å². The van der Waals surface area contributed by atoms with Crippen LogP contribution in [-0.4, -0.2) is 19.7 Å². The zero-order chi connectivity index (χ0) is 9.97. The third-order valence-corrected chi connectivity index (χ3v) is 2.54. The summed E-state index contributed by atoms with van der Waals surface area (Å²) in [5, 5.41) is 5.81. The predicted octanol–water partition coefficient (Wildman–Crippen LogP) is 0.943. The van der Waals surface area contributed by atoms with Gasteiger partial charge >= 0.3 is 0 Å². The Morgan fingerprint density at radius 1 is 1.50 bits per heavy atom. The Labute approximate surface area is 85.4 Å². The van der Waals surface area contributed by atoms with Gasteiger partial charge in [-0.25, -0.2) is 9.97 Å². The average Bonchev–Trinajstić information content (AvgIpc) is 2.47. The Kier molecular flexibility index (Phi) is 2.36. The molecule has 0 aliphatic rings. The van der Waals surface area contributed by atoms with Gasteiger partial charge in [0.15, 0.2) is 0 Å². The maximum atomic E-state index is 5.74. The highest BCUT2D eigenvalue weighted by Crippen LogP contribution is 2.28. The monoisotopic (exact) mass is 207 g/mol. The molecule has 0 radical (unpaired) electrons. The van der Waals surface area contributed by atoms with E-state index in [9.17, 15) is 0 Å². The molecule has 14 heavy (non-hydrogen) atoms. The van der Waals surface area contributed by atoms with E-state index in [1.807, 2.05) is 13.1 Å². The lowest BCUT2D eigenvalue weighted by Gasteiger charge is -1.95. The van der Waals surface area contributed by atoms with Crippen molar-refractivity contribution in [1.82, 2.24) is 19.7 Å². The van der Waals surface area contributed by atoms with E-state index >= 15 is 0 Å². The van der Waals surface area contributed by atoms with E-state index in [0.717, 1.165) is 10.1 Å². The molecule has 2 aromatic rings. The van der Waals surface area contributed by atoms with Crippen LogP contribution in [0.2, 0.25) is 0 Å². The number of nitrogens with two attached hydrogens (primary N) is 1. The van der Waals surface area contributed by atoms with Gasteiger partial charge in [0.25, 0.3) is 0 Å². The maximum Gasteiger partial charge on any atom is 0.147 e. The molecule has 5 nitrogen and oxygen atoms in total. The smallest absolute Gasteiger partial charge is 0.147 e. The molecule has 0 atom stereocenters. The topological polar surface area (TPSA) is 69.6 Å². The molecule has 0 aliphatic heterocycles. The molecule has 0 unspecified atom stereocenters. The van der Waals surface area contributed by atoms with Crippen molar-refractivity contribution < 1.29 is 0 Å². The number of hydrogen-bond donors (Lipinski definition) is 1. The predicted molar refractivity (Wildman–Crippen MR) is 53.8 cm³/mol. The van der Waals surface area contributed by atoms with E-state index < -0.39 is 0 Å². The minimum absolute atomic E-state index is 0.663. The fourth-order valence-corrected chi connectivity index (χ4v) is 1.77. The molecule has 0 spiro atoms. The van der Waals surface area contributed by atoms with Gasteiger partial charge in [-0.1, -0.05) is 0 Å². The molecule has 0 aromatic carbocycles. The SMILES string of the molecule is Cn1cc(N)c(Sc2ccncn2)n1. The molecule has 0 saturated carbocycles. The van der Waals surface area contributed by atoms with Gasteiger partial charge in [0.05, 0.1) is 5.69 Å². The first-order chi connectivity index (χ1) is 6.75. The van der Waals surface area contributed by atoms with Crippen LogP contribution in [0.25, 0.3) is 0 Å². The van der Waals surface area contributed by atoms with E-state index in [1.165, 1.54) is 18.1 Å². The Morgan fingerprint density at radius 3 is 2.93 bits per heavy atom. The number of anilines is 1. The number of nitrogens with zero attached hydrogens (tertiary/aromatic N) is 4. The van der Waals surface area contributed by atoms with Crippen LogP contribution in [0.4, 0.5) is 5.69 Å². The van der Waals surface area contributed by atoms with Crippen LogP contribution in [0.5, 0.6) is 0 Å². The fraction of sp³-hybridized carbons (Fsp3) is 0.125. The van der Waals surface area contributed by atoms with Crippen molar-refractivity contribution in [2.75, 3.05) is 5.73 Å². The van der Waals surface area contributed by atoms with Crippen molar-refractivity contribution in [2.45, 2.75) is 10.1 Å². The number of hydrogen-bond acceptors (Lipinski definition) is 5. The first kappa shape index (κ1) is 9.01. The fourth-order valence-electron chi connectivity index (χ4n) is 1.00. The van der Waals surface area contributed by atoms with Crippen LogP contribution < -0.4 is 5.73 Å². The molecule has 0 fully saturated rings. The first-order valence-corrected chi connectivity index (χ1v) is 4.80. The third kappa shape index (κ3) is 1.85. The van der Waals surface area contributed by atoms with Crippen LogP contribution in [0, 0.1) is 0 Å². The second-order valence-corrected chi connectivity index (χ2v) is 3.72. The summed E-state index contributed by atoms with van der Waals surface area (Å²) in [6, 6.07) is 1.82. The van der Waals surface area contributed by atoms with E-state index in [1.54, 1.807) is 17.1 Å². The van der Waals surface area contributed by atoms with Crippen LogP contribution in [0.3, 0.4) is 0 Å². The molecule has 0 saturated heterocycles. The highest BCUT2D eigenvalue weighted by Gasteiger charge is 2.06. The third-order valence-electron chi connectivity index (χ3n) is 1.58. The number of rotatable bonds is 2. The second kappa shape index (κ2) is 3.67. The Bertz CT molecular complexity index is 425. The zero-order valence-electron chi connectivity index (χ0n) is 7.58. The van der Waals surface area contributed by atoms with Gasteiger partial charge in [0, 0.05) is 19.4 Å². The van der Waals surface area contributed by atoms with Gasteiger partial charge in [-0.2, -0.15) is 5.10 Å². The molecular weight excluding hydrogens is 198 g/mol. The van der Waals surface area contributed by atoms with Crippen molar-refractivity contribution in [3.05, 3.63) is 24.8 Å². The van der Waals surface area contributed by atoms with E-state index in [4.69, 9.17) is 5.73 Å². The second-order valence-electron chi connectivity index (χ2n) is 2.71. The van der Waals surface area contributed by atoms with Crippen LogP contribution >= 0.6 is 11.8 Å². The largest absolute Gasteiger partial charge is 0.395 e. The summed E-state index contributed by atoms with van der Waals surface area (Å²) in [4.78, 5) is 7.90. The van der Waals surface area contributed by atoms with Crippen molar-refractivity contribution in [2.24, 2.45) is 7.05 Å². The molecule has 0 aliphatic carbocycles. The van der Waals surface area contributed by atoms with Crippen LogP contribution in [-0.2, 0) is 7.05 Å². The van der Waals surface area contributed by atoms with Crippen molar-refractivity contribution in [3.63, 3.8) is 0 Å². The molecule has 2 heterocycles. The lowest BCUT2D eigenvalue weighted by molar-refractivity contribution is 0.738. The molecule has 0 bridgehead atoms. The van der Waals surface area contributed by atoms with E-state index in [-0.39, 0.29) is 0 Å². The normalized spacial score (nSPS) is 10.4. The molecule has 2 aromatic heterocycles. The number of aryl methyl sites for hydroxylation is 1. The first-order valence-electron chi connectivity index (χ1n) is 3.98. The maximum absolute atomic E-state index is 5.74. The molecular formula is C8H9N5S. The Hall–Kier alpha value is -1.56. The Balaban J connectivity index is 2.23. The average molecular weight is 207 g/mol. The minimum atomic E-state index is 0.663. The highest BCUT2D eigenvalue weighted by molar-refractivity contribution is 7.99. The minimum Gasteiger partial charge on any atom is -0.395 e. The summed E-state index contributed by atoms with van der Waals surface area (Å²) in [7, 11) is 1.83. The highest BCUT2D eigenvalue weighted by atomic mass is 32.2. The lowest BCUT2D eigenvalue weighted by atomic mass is 10.6. The molecule has 6 heteroatoms. The summed E-state index contributed by atoms with van der Waals surface area (Å²) in [5.74, 6) is 0. The van der Waals surface area contributed by atoms with Gasteiger partial charge in [0.1, 0.15) is 16.4 Å². The number of aromatic nitrogens is 4. The van der Waals surface area contributed by atoms with Crippen molar-refractivity contribution >= 4 is 17.4 Å². The molecule has 72 valence electrons. The molecule has 2 N–H and O–H groups in total. The van der Waals surface area contributed by atoms with Crippen molar-refractivity contribution in [3.8, 4) is 0 Å². The lowest BCUT2D eigenvalue weighted by Crippen LogP contribution is -1.87. The van der Waals surface area contributed by atoms with Crippen LogP contribution in [0.15, 0.2) is 34.8 Å². The quantitative estimate of drug-likeness (QED) is 0.742. The van der Waals surface area contributed by atoms with Crippen LogP contribution in [0.1, 0.15) is 0 Å². The summed E-state index contributed by atoms with van der Waals surface area (Å²) < 4.78 is 1.68. The molecule has 2 rings (SSSR count). The van der Waals surface area contributed by atoms with Gasteiger partial charge in [0.2, 0.25) is 0 Å². The number of nitrogen functional groups attached to an aromatic ring is 1. The molecule has 0 amide bonds. The van der Waals surface area contributed by atoms with Gasteiger partial charge in [-0.15, -0.1) is 0 Å². The summed E-state index contributed by atoms with van der Waals surface area (Å²) in [6.07, 6.45) is 4.96. The zero-order valence-corrected chi connectivity index (χ0v) is 8.40. The summed E-state index contributed by atoms with van der Waals surface area (Å²) >= 11 is 1.43. The van der Waals surface area contributed by atoms with E-state index in [2.05, 4.69) is 15.1 Å².